The first-order chi connectivity index (χ1) is 15.8. The second-order valence-electron chi connectivity index (χ2n) is 8.54. The van der Waals surface area contributed by atoms with Crippen molar-refractivity contribution in [2.45, 2.75) is 24.8 Å². The van der Waals surface area contributed by atoms with Crippen LogP contribution in [0, 0.1) is 6.92 Å². The highest BCUT2D eigenvalue weighted by molar-refractivity contribution is 7.89. The molecular weight excluding hydrogens is 442 g/mol. The topological polar surface area (TPSA) is 79.4 Å². The fraction of sp³-hybridized carbons (Fsp3) is 0.458. The Labute approximate surface area is 195 Å². The maximum Gasteiger partial charge on any atom is 0.243 e. The summed E-state index contributed by atoms with van der Waals surface area (Å²) in [7, 11) is -1.75. The zero-order valence-electron chi connectivity index (χ0n) is 19.2. The highest BCUT2D eigenvalue weighted by Crippen LogP contribution is 2.33. The number of ether oxygens (including phenoxy) is 2. The average Bonchev–Trinajstić information content (AvgIpc) is 3.05. The molecular formula is C24H31N3O5S. The van der Waals surface area contributed by atoms with E-state index in [9.17, 15) is 13.2 Å². The quantitative estimate of drug-likeness (QED) is 0.640. The standard InChI is InChI=1S/C24H31N3O5S/c1-19-6-3-4-7-20(19)17-25(2)18-24(28)26-10-12-27(13-11-26)33(29,30)21-8-9-22-23(16-21)32-15-5-14-31-22/h3-4,6-9,16H,5,10-15,17-18H2,1-2H3. The fourth-order valence-corrected chi connectivity index (χ4v) is 5.53. The largest absolute Gasteiger partial charge is 0.490 e. The van der Waals surface area contributed by atoms with Gasteiger partial charge in [0.05, 0.1) is 24.7 Å². The number of nitrogens with zero attached hydrogens (tertiary/aromatic N) is 3. The van der Waals surface area contributed by atoms with Crippen LogP contribution in [-0.4, -0.2) is 81.4 Å². The number of piperazine rings is 1. The Bertz CT molecular complexity index is 1100. The maximum atomic E-state index is 13.2. The van der Waals surface area contributed by atoms with Gasteiger partial charge >= 0.3 is 0 Å². The van der Waals surface area contributed by atoms with Crippen molar-refractivity contribution in [3.63, 3.8) is 0 Å². The minimum Gasteiger partial charge on any atom is -0.490 e. The van der Waals surface area contributed by atoms with Crippen molar-refractivity contribution < 1.29 is 22.7 Å². The minimum absolute atomic E-state index is 0.0127. The number of benzene rings is 2. The number of rotatable bonds is 6. The molecule has 2 heterocycles. The maximum absolute atomic E-state index is 13.2. The Morgan fingerprint density at radius 3 is 2.42 bits per heavy atom. The van der Waals surface area contributed by atoms with E-state index >= 15 is 0 Å². The second kappa shape index (κ2) is 10.1. The smallest absolute Gasteiger partial charge is 0.243 e. The summed E-state index contributed by atoms with van der Waals surface area (Å²) in [4.78, 5) is 16.7. The van der Waals surface area contributed by atoms with Crippen LogP contribution in [0.15, 0.2) is 47.4 Å². The molecule has 0 N–H and O–H groups in total. The van der Waals surface area contributed by atoms with Crippen molar-refractivity contribution in [2.75, 3.05) is 53.0 Å². The molecule has 33 heavy (non-hydrogen) atoms. The van der Waals surface area contributed by atoms with Gasteiger partial charge in [0.15, 0.2) is 11.5 Å². The molecule has 0 atom stereocenters. The molecule has 2 aromatic carbocycles. The highest BCUT2D eigenvalue weighted by atomic mass is 32.2. The van der Waals surface area contributed by atoms with Crippen LogP contribution in [0.25, 0.3) is 0 Å². The van der Waals surface area contributed by atoms with E-state index in [0.29, 0.717) is 50.9 Å². The zero-order valence-corrected chi connectivity index (χ0v) is 20.0. The molecule has 0 unspecified atom stereocenters. The van der Waals surface area contributed by atoms with E-state index in [1.54, 1.807) is 17.0 Å². The Hall–Kier alpha value is -2.62. The van der Waals surface area contributed by atoms with Crippen molar-refractivity contribution in [3.05, 3.63) is 53.6 Å². The second-order valence-corrected chi connectivity index (χ2v) is 10.5. The monoisotopic (exact) mass is 473 g/mol. The summed E-state index contributed by atoms with van der Waals surface area (Å²) in [6, 6.07) is 12.9. The van der Waals surface area contributed by atoms with Crippen molar-refractivity contribution in [1.82, 2.24) is 14.1 Å². The Balaban J connectivity index is 1.33. The van der Waals surface area contributed by atoms with Gasteiger partial charge in [0.25, 0.3) is 0 Å². The van der Waals surface area contributed by atoms with Gasteiger partial charge in [0.1, 0.15) is 0 Å². The summed E-state index contributed by atoms with van der Waals surface area (Å²) in [5.74, 6) is 1.04. The zero-order chi connectivity index (χ0) is 23.4. The van der Waals surface area contributed by atoms with Crippen LogP contribution in [0.4, 0.5) is 0 Å². The molecule has 2 aliphatic rings. The van der Waals surface area contributed by atoms with E-state index in [4.69, 9.17) is 9.47 Å². The summed E-state index contributed by atoms with van der Waals surface area (Å²) in [5, 5.41) is 0. The van der Waals surface area contributed by atoms with Crippen LogP contribution in [-0.2, 0) is 21.4 Å². The lowest BCUT2D eigenvalue weighted by Crippen LogP contribution is -2.52. The van der Waals surface area contributed by atoms with E-state index in [1.807, 2.05) is 24.1 Å². The molecule has 0 spiro atoms. The van der Waals surface area contributed by atoms with Gasteiger partial charge in [-0.2, -0.15) is 4.31 Å². The van der Waals surface area contributed by atoms with Crippen molar-refractivity contribution in [2.24, 2.45) is 0 Å². The van der Waals surface area contributed by atoms with Crippen molar-refractivity contribution >= 4 is 15.9 Å². The first kappa shape index (κ1) is 23.5. The third-order valence-corrected chi connectivity index (χ3v) is 7.95. The molecule has 1 saturated heterocycles. The van der Waals surface area contributed by atoms with Gasteiger partial charge in [-0.1, -0.05) is 24.3 Å². The minimum atomic E-state index is -3.68. The SMILES string of the molecule is Cc1ccccc1CN(C)CC(=O)N1CCN(S(=O)(=O)c2ccc3c(c2)OCCCO3)CC1. The van der Waals surface area contributed by atoms with Gasteiger partial charge in [0.2, 0.25) is 15.9 Å². The molecule has 0 saturated carbocycles. The summed E-state index contributed by atoms with van der Waals surface area (Å²) in [5.41, 5.74) is 2.39. The molecule has 1 fully saturated rings. The molecule has 0 aliphatic carbocycles. The number of hydrogen-bond acceptors (Lipinski definition) is 6. The van der Waals surface area contributed by atoms with Crippen molar-refractivity contribution in [1.29, 1.82) is 0 Å². The number of likely N-dealkylation sites (N-methyl/N-ethyl adjacent to an activating group) is 1. The third kappa shape index (κ3) is 5.48. The predicted octanol–water partition coefficient (Wildman–Crippen LogP) is 2.12. The van der Waals surface area contributed by atoms with E-state index in [-0.39, 0.29) is 23.9 Å². The fourth-order valence-electron chi connectivity index (χ4n) is 4.10. The van der Waals surface area contributed by atoms with Gasteiger partial charge < -0.3 is 14.4 Å². The number of carbonyl (C=O) groups is 1. The van der Waals surface area contributed by atoms with E-state index < -0.39 is 10.0 Å². The van der Waals surface area contributed by atoms with Crippen LogP contribution in [0.2, 0.25) is 0 Å². The normalized spacial score (nSPS) is 17.1. The number of hydrogen-bond donors (Lipinski definition) is 0. The number of aryl methyl sites for hydroxylation is 1. The van der Waals surface area contributed by atoms with E-state index in [1.165, 1.54) is 21.5 Å². The molecule has 4 rings (SSSR count). The Kier molecular flexibility index (Phi) is 7.21. The van der Waals surface area contributed by atoms with Gasteiger partial charge in [-0.05, 0) is 37.2 Å². The summed E-state index contributed by atoms with van der Waals surface area (Å²) in [6.07, 6.45) is 0.757. The summed E-state index contributed by atoms with van der Waals surface area (Å²) < 4.78 is 39.0. The van der Waals surface area contributed by atoms with Crippen molar-refractivity contribution in [3.8, 4) is 11.5 Å². The van der Waals surface area contributed by atoms with Crippen LogP contribution in [0.3, 0.4) is 0 Å². The Morgan fingerprint density at radius 2 is 1.70 bits per heavy atom. The van der Waals surface area contributed by atoms with E-state index in [0.717, 1.165) is 6.42 Å². The average molecular weight is 474 g/mol. The van der Waals surface area contributed by atoms with Crippen LogP contribution < -0.4 is 9.47 Å². The molecule has 0 aromatic heterocycles. The summed E-state index contributed by atoms with van der Waals surface area (Å²) >= 11 is 0. The lowest BCUT2D eigenvalue weighted by Gasteiger charge is -2.35. The first-order valence-electron chi connectivity index (χ1n) is 11.3. The molecule has 9 heteroatoms. The number of amides is 1. The van der Waals surface area contributed by atoms with Gasteiger partial charge in [-0.3, -0.25) is 9.69 Å². The number of fused-ring (bicyclic) bond motifs is 1. The molecule has 0 radical (unpaired) electrons. The lowest BCUT2D eigenvalue weighted by atomic mass is 10.1. The van der Waals surface area contributed by atoms with Crippen LogP contribution in [0.1, 0.15) is 17.5 Å². The lowest BCUT2D eigenvalue weighted by molar-refractivity contribution is -0.133. The predicted molar refractivity (Wildman–Crippen MR) is 125 cm³/mol. The number of sulfonamides is 1. The molecule has 1 amide bonds. The molecule has 2 aromatic rings. The summed E-state index contributed by atoms with van der Waals surface area (Å²) in [6.45, 7) is 5.38. The third-order valence-electron chi connectivity index (χ3n) is 6.05. The first-order valence-corrected chi connectivity index (χ1v) is 12.7. The van der Waals surface area contributed by atoms with Crippen LogP contribution in [0.5, 0.6) is 11.5 Å². The molecule has 8 nitrogen and oxygen atoms in total. The van der Waals surface area contributed by atoms with Gasteiger partial charge in [-0.25, -0.2) is 8.42 Å². The Morgan fingerprint density at radius 1 is 1.00 bits per heavy atom. The molecule has 178 valence electrons. The molecule has 0 bridgehead atoms. The van der Waals surface area contributed by atoms with Gasteiger partial charge in [-0.15, -0.1) is 0 Å². The molecule has 2 aliphatic heterocycles. The number of carbonyl (C=O) groups excluding carboxylic acids is 1. The van der Waals surface area contributed by atoms with E-state index in [2.05, 4.69) is 19.1 Å². The van der Waals surface area contributed by atoms with Gasteiger partial charge in [0, 0.05) is 45.2 Å². The highest BCUT2D eigenvalue weighted by Gasteiger charge is 2.31. The van der Waals surface area contributed by atoms with Crippen LogP contribution >= 0.6 is 0 Å².